The number of hydrogen-bond donors (Lipinski definition) is 15. The number of benzene rings is 3. The van der Waals surface area contributed by atoms with E-state index in [4.69, 9.17) is 26.8 Å². The first-order valence-corrected chi connectivity index (χ1v) is 34.6. The number of amides is 11. The molecule has 0 spiro atoms. The number of carboxylic acids is 1. The predicted octanol–water partition coefficient (Wildman–Crippen LogP) is -0.990. The van der Waals surface area contributed by atoms with Crippen molar-refractivity contribution in [2.24, 2.45) is 22.4 Å². The molecule has 3 aliphatic rings. The van der Waals surface area contributed by atoms with Crippen LogP contribution in [0.25, 0.3) is 10.9 Å². The van der Waals surface area contributed by atoms with E-state index in [1.54, 1.807) is 42.6 Å². The van der Waals surface area contributed by atoms with Crippen LogP contribution < -0.4 is 64.5 Å². The fourth-order valence-electron chi connectivity index (χ4n) is 11.2. The van der Waals surface area contributed by atoms with Gasteiger partial charge in [-0.15, -0.1) is 0 Å². The Bertz CT molecular complexity index is 3510. The second-order valence-corrected chi connectivity index (χ2v) is 26.0. The van der Waals surface area contributed by atoms with Crippen LogP contribution in [0.3, 0.4) is 0 Å². The van der Waals surface area contributed by atoms with Gasteiger partial charge in [0.05, 0.1) is 19.6 Å². The summed E-state index contributed by atoms with van der Waals surface area (Å²) in [5.74, 6) is -11.4. The number of aliphatic hydroxyl groups is 1. The molecule has 11 amide bonds. The smallest absolute Gasteiger partial charge is 0.305 e. The van der Waals surface area contributed by atoms with Crippen molar-refractivity contribution in [3.05, 3.63) is 95.2 Å². The minimum Gasteiger partial charge on any atom is -0.508 e. The number of phenolic OH excluding ortho intramolecular Hbond substituents is 1. The largest absolute Gasteiger partial charge is 0.508 e. The van der Waals surface area contributed by atoms with Gasteiger partial charge in [-0.1, -0.05) is 41.6 Å². The van der Waals surface area contributed by atoms with Gasteiger partial charge in [0, 0.05) is 65.9 Å². The number of nitrogens with zero attached hydrogens (tertiary/aromatic N) is 2. The Balaban J connectivity index is 1.29. The number of thioether (sulfide) groups is 2. The molecule has 1 saturated heterocycles. The number of fused-ring (bicyclic) bond motifs is 7. The first-order chi connectivity index (χ1) is 47.1. The zero-order chi connectivity index (χ0) is 70.7. The molecule has 0 unspecified atom stereocenters. The zero-order valence-corrected chi connectivity index (χ0v) is 55.6. The van der Waals surface area contributed by atoms with E-state index in [1.807, 2.05) is 6.07 Å². The van der Waals surface area contributed by atoms with Crippen molar-refractivity contribution in [3.63, 3.8) is 0 Å². The summed E-state index contributed by atoms with van der Waals surface area (Å²) in [5.41, 5.74) is 20.3. The minimum atomic E-state index is -1.83. The van der Waals surface area contributed by atoms with Crippen LogP contribution in [0.2, 0.25) is 0 Å². The third-order valence-electron chi connectivity index (χ3n) is 16.3. The van der Waals surface area contributed by atoms with Crippen LogP contribution in [0.15, 0.2) is 78.1 Å². The summed E-state index contributed by atoms with van der Waals surface area (Å²) in [4.78, 5) is 177. The van der Waals surface area contributed by atoms with Crippen molar-refractivity contribution in [2.45, 2.75) is 156 Å². The number of oxime groups is 1. The van der Waals surface area contributed by atoms with E-state index in [9.17, 15) is 68.1 Å². The predicted molar refractivity (Wildman–Crippen MR) is 361 cm³/mol. The second kappa shape index (κ2) is 38.5. The highest BCUT2D eigenvalue weighted by Crippen LogP contribution is 2.28. The van der Waals surface area contributed by atoms with Gasteiger partial charge in [0.25, 0.3) is 5.91 Å². The Morgan fingerprint density at radius 3 is 1.94 bits per heavy atom. The standard InChI is InChI=1S/C65H86N14O17S2/c66-20-6-5-12-45-58(87)74-47(27-37-14-16-41(81)17-15-37)60(89)77-51(57(68)86)35-97-33-38-24-39-26-42(25-38)95-22-7-1-2-8-23-96-70-31-55(83)71-49(29-56(84)85)62(91)78-52(36-98-34-39)65(94)79-21-9-13-53(79)64(93)75-48(28-40-30-69-44-11-4-3-10-43(40)44)61(90)73-46(18-19-54(67)82)59(88)76-50(32-80)63(92)72-45/h3-4,10-11,14-17,24-26,30-31,45-53,69,80-81H,1-2,5-9,12-13,18-23,27-29,32-36,66H2,(H2,67,82)(H2,68,86)(H,71,83)(H,72,92)(H,73,90)(H,74,87)(H,75,93)(H,76,88)(H,77,89)(H,78,91)(H,84,85)/b70-31+/t45-,46-,47-,48-,49-,50-,51-,52-,53-/m0/s1. The van der Waals surface area contributed by atoms with Crippen molar-refractivity contribution in [3.8, 4) is 11.5 Å². The Kier molecular flexibility index (Phi) is 29.8. The number of ether oxygens (including phenoxy) is 1. The van der Waals surface area contributed by atoms with E-state index in [1.165, 1.54) is 52.7 Å². The van der Waals surface area contributed by atoms with Crippen molar-refractivity contribution in [1.82, 2.24) is 52.4 Å². The maximum atomic E-state index is 15.2. The molecular formula is C65H86N14O17S2. The number of hydrogen-bond acceptors (Lipinski definition) is 20. The molecule has 18 N–H and O–H groups in total. The highest BCUT2D eigenvalue weighted by atomic mass is 32.2. The summed E-state index contributed by atoms with van der Waals surface area (Å²) >= 11 is 2.40. The summed E-state index contributed by atoms with van der Waals surface area (Å²) in [6.07, 6.45) is 3.51. The molecule has 1 aromatic heterocycles. The van der Waals surface area contributed by atoms with Gasteiger partial charge in [0.15, 0.2) is 0 Å². The molecule has 0 radical (unpaired) electrons. The molecule has 98 heavy (non-hydrogen) atoms. The number of rotatable bonds is 15. The van der Waals surface area contributed by atoms with Crippen LogP contribution in [0.1, 0.15) is 99.3 Å². The number of nitrogens with two attached hydrogens (primary N) is 3. The summed E-state index contributed by atoms with van der Waals surface area (Å²) in [6.45, 7) is -0.490. The van der Waals surface area contributed by atoms with E-state index in [-0.39, 0.29) is 87.0 Å². The molecule has 530 valence electrons. The number of primary amides is 2. The van der Waals surface area contributed by atoms with Gasteiger partial charge in [-0.25, -0.2) is 0 Å². The van der Waals surface area contributed by atoms with Crippen LogP contribution in [-0.2, 0) is 86.7 Å². The third-order valence-corrected chi connectivity index (χ3v) is 18.6. The number of carbonyl (C=O) groups excluding carboxylic acids is 11. The number of aromatic nitrogens is 1. The number of aliphatic carboxylic acids is 1. The number of carbonyl (C=O) groups is 12. The van der Waals surface area contributed by atoms with Gasteiger partial charge in [0.1, 0.15) is 78.7 Å². The lowest BCUT2D eigenvalue weighted by Crippen LogP contribution is -2.61. The summed E-state index contributed by atoms with van der Waals surface area (Å²) in [6, 6.07) is 4.39. The molecule has 4 bridgehead atoms. The quantitative estimate of drug-likeness (QED) is 0.0636. The second-order valence-electron chi connectivity index (χ2n) is 23.9. The first-order valence-electron chi connectivity index (χ1n) is 32.3. The number of para-hydroxylation sites is 1. The van der Waals surface area contributed by atoms with Gasteiger partial charge in [-0.05, 0) is 123 Å². The van der Waals surface area contributed by atoms with Crippen molar-refractivity contribution < 1.29 is 82.4 Å². The molecule has 7 rings (SSSR count). The van der Waals surface area contributed by atoms with Crippen molar-refractivity contribution in [2.75, 3.05) is 44.4 Å². The number of carboxylic acid groups (broad SMARTS) is 1. The van der Waals surface area contributed by atoms with E-state index >= 15 is 4.79 Å². The first kappa shape index (κ1) is 75.9. The Hall–Kier alpha value is -9.47. The third kappa shape index (κ3) is 23.7. The fraction of sp³-hybridized carbons (Fsp3) is 0.492. The zero-order valence-electron chi connectivity index (χ0n) is 54.0. The molecule has 0 saturated carbocycles. The van der Waals surface area contributed by atoms with E-state index in [0.717, 1.165) is 12.6 Å². The minimum absolute atomic E-state index is 0.0335. The van der Waals surface area contributed by atoms with Gasteiger partial charge < -0.3 is 94.5 Å². The molecule has 3 aromatic carbocycles. The molecule has 1 fully saturated rings. The van der Waals surface area contributed by atoms with Crippen LogP contribution in [-0.4, -0.2) is 201 Å². The molecule has 33 heteroatoms. The van der Waals surface area contributed by atoms with E-state index in [0.29, 0.717) is 71.2 Å². The van der Waals surface area contributed by atoms with Crippen molar-refractivity contribution in [1.29, 1.82) is 0 Å². The van der Waals surface area contributed by atoms with Crippen molar-refractivity contribution >= 4 is 112 Å². The van der Waals surface area contributed by atoms with Crippen LogP contribution in [0, 0.1) is 0 Å². The number of aromatic hydroxyl groups is 1. The fourth-order valence-corrected chi connectivity index (χ4v) is 13.2. The molecule has 3 aliphatic heterocycles. The number of nitrogens with one attached hydrogen (secondary N) is 9. The molecule has 31 nitrogen and oxygen atoms in total. The summed E-state index contributed by atoms with van der Waals surface area (Å²) in [5, 5.41) is 55.6. The summed E-state index contributed by atoms with van der Waals surface area (Å²) in [7, 11) is 0. The number of aliphatic hydroxyl groups excluding tert-OH is 1. The summed E-state index contributed by atoms with van der Waals surface area (Å²) < 4.78 is 6.28. The van der Waals surface area contributed by atoms with Crippen LogP contribution in [0.5, 0.6) is 11.5 Å². The van der Waals surface area contributed by atoms with Gasteiger partial charge in [-0.2, -0.15) is 23.5 Å². The maximum absolute atomic E-state index is 15.2. The average Bonchev–Trinajstić information content (AvgIpc) is 1.63. The molecule has 9 atom stereocenters. The lowest BCUT2D eigenvalue weighted by Gasteiger charge is -2.31. The molecular weight excluding hydrogens is 1310 g/mol. The maximum Gasteiger partial charge on any atom is 0.305 e. The normalized spacial score (nSPS) is 24.2. The number of aromatic amines is 1. The lowest BCUT2D eigenvalue weighted by molar-refractivity contribution is -0.143. The SMILES string of the molecule is NCCCC[C@@H]1NC(=O)[C@H](CO)NC(=O)[C@H](CCC(N)=O)NC(=O)[C@H](Cc2c[nH]c3ccccc23)NC(=O)[C@@H]2CCCN2C(=O)[C@@H]2CSCc3cc(cc(c3)OCCCCCCO/N=C/C(=O)N[C@@H](CC(=O)O)C(=O)N2)CSC[C@@H](C(N)=O)NC(=O)[C@H](Cc2ccc(O)cc2)NC1=O. The molecule has 4 aromatic rings. The van der Waals surface area contributed by atoms with Gasteiger partial charge >= 0.3 is 5.97 Å². The van der Waals surface area contributed by atoms with E-state index < -0.39 is 151 Å². The lowest BCUT2D eigenvalue weighted by atomic mass is 10.0. The van der Waals surface area contributed by atoms with E-state index in [2.05, 4.69) is 52.7 Å². The van der Waals surface area contributed by atoms with Gasteiger partial charge in [0.2, 0.25) is 59.1 Å². The average molecular weight is 1400 g/mol. The topological polar surface area (TPSA) is 490 Å². The Morgan fingerprint density at radius 2 is 1.26 bits per heavy atom. The monoisotopic (exact) mass is 1400 g/mol. The Labute approximate surface area is 573 Å². The highest BCUT2D eigenvalue weighted by Gasteiger charge is 2.41. The molecule has 0 aliphatic carbocycles. The Morgan fingerprint density at radius 1 is 0.643 bits per heavy atom. The molecule has 4 heterocycles. The number of unbranched alkanes of at least 4 members (excludes halogenated alkanes) is 1. The van der Waals surface area contributed by atoms with Crippen LogP contribution >= 0.6 is 23.5 Å². The van der Waals surface area contributed by atoms with Crippen LogP contribution in [0.4, 0.5) is 0 Å². The highest BCUT2D eigenvalue weighted by molar-refractivity contribution is 7.98. The van der Waals surface area contributed by atoms with Gasteiger partial charge in [-0.3, -0.25) is 57.5 Å². The number of H-pyrrole nitrogens is 1. The number of phenols is 1.